The number of nitrogens with one attached hydrogen (secondary N) is 1. The van der Waals surface area contributed by atoms with Gasteiger partial charge in [-0.05, 0) is 24.3 Å². The molecule has 2 aromatic rings. The molecule has 2 aromatic carbocycles. The van der Waals surface area contributed by atoms with Crippen LogP contribution in [0.3, 0.4) is 0 Å². The molecule has 0 heterocycles. The predicted molar refractivity (Wildman–Crippen MR) is 108 cm³/mol. The Bertz CT molecular complexity index is 907. The molecule has 0 saturated carbocycles. The van der Waals surface area contributed by atoms with Crippen molar-refractivity contribution in [1.29, 1.82) is 5.26 Å². The Morgan fingerprint density at radius 1 is 1.21 bits per heavy atom. The highest BCUT2D eigenvalue weighted by Gasteiger charge is 2.19. The number of carbonyl (C=O) groups is 2. The Morgan fingerprint density at radius 2 is 1.97 bits per heavy atom. The Hall–Kier alpha value is -3.99. The first kappa shape index (κ1) is 21.3. The van der Waals surface area contributed by atoms with Crippen molar-refractivity contribution in [1.82, 2.24) is 0 Å². The summed E-state index contributed by atoms with van der Waals surface area (Å²) in [5.74, 6) is 0.794. The minimum absolute atomic E-state index is 0.0783. The number of rotatable bonds is 8. The van der Waals surface area contributed by atoms with Crippen LogP contribution in [0.1, 0.15) is 6.42 Å². The van der Waals surface area contributed by atoms with Crippen LogP contribution in [0.5, 0.6) is 11.5 Å². The van der Waals surface area contributed by atoms with Crippen LogP contribution in [0.4, 0.5) is 21.0 Å². The van der Waals surface area contributed by atoms with Crippen molar-refractivity contribution >= 4 is 23.6 Å². The number of carbonyl (C=O) groups excluding carboxylic acids is 2. The number of hydrogen-bond acceptors (Lipinski definition) is 6. The second kappa shape index (κ2) is 11.0. The van der Waals surface area contributed by atoms with Gasteiger partial charge in [-0.25, -0.2) is 9.59 Å². The fraction of sp³-hybridized carbons (Fsp3) is 0.190. The number of nitriles is 1. The number of benzene rings is 2. The van der Waals surface area contributed by atoms with Crippen LogP contribution in [0, 0.1) is 11.3 Å². The molecule has 0 spiro atoms. The van der Waals surface area contributed by atoms with Gasteiger partial charge in [-0.1, -0.05) is 24.8 Å². The van der Waals surface area contributed by atoms with E-state index in [0.29, 0.717) is 17.1 Å². The maximum Gasteiger partial charge on any atom is 0.419 e. The van der Waals surface area contributed by atoms with E-state index in [1.165, 1.54) is 24.2 Å². The zero-order chi connectivity index (χ0) is 21.1. The molecular formula is C21H21N3O5. The summed E-state index contributed by atoms with van der Waals surface area (Å²) >= 11 is 0. The molecule has 2 rings (SSSR count). The van der Waals surface area contributed by atoms with Gasteiger partial charge in [0.05, 0.1) is 25.3 Å². The van der Waals surface area contributed by atoms with Gasteiger partial charge in [0.15, 0.2) is 0 Å². The Labute approximate surface area is 168 Å². The van der Waals surface area contributed by atoms with Crippen LogP contribution >= 0.6 is 0 Å². The van der Waals surface area contributed by atoms with E-state index in [1.54, 1.807) is 42.5 Å². The molecule has 0 atom stereocenters. The van der Waals surface area contributed by atoms with Crippen LogP contribution in [0.25, 0.3) is 0 Å². The third kappa shape index (κ3) is 6.59. The van der Waals surface area contributed by atoms with Crippen molar-refractivity contribution in [2.45, 2.75) is 6.42 Å². The molecule has 29 heavy (non-hydrogen) atoms. The fourth-order valence-electron chi connectivity index (χ4n) is 2.35. The molecule has 0 fully saturated rings. The predicted octanol–water partition coefficient (Wildman–Crippen LogP) is 4.35. The van der Waals surface area contributed by atoms with Gasteiger partial charge in [-0.3, -0.25) is 10.2 Å². The molecule has 0 saturated heterocycles. The van der Waals surface area contributed by atoms with Crippen LogP contribution < -0.4 is 19.7 Å². The van der Waals surface area contributed by atoms with Gasteiger partial charge in [-0.2, -0.15) is 5.26 Å². The molecule has 2 amide bonds. The molecule has 8 heteroatoms. The van der Waals surface area contributed by atoms with Crippen molar-refractivity contribution in [3.63, 3.8) is 0 Å². The first-order valence-corrected chi connectivity index (χ1v) is 8.72. The van der Waals surface area contributed by atoms with Gasteiger partial charge in [0.2, 0.25) is 0 Å². The Balaban J connectivity index is 2.14. The summed E-state index contributed by atoms with van der Waals surface area (Å²) in [6.07, 6.45) is 0.259. The van der Waals surface area contributed by atoms with E-state index in [2.05, 4.69) is 11.9 Å². The molecule has 0 unspecified atom stereocenters. The highest BCUT2D eigenvalue weighted by Crippen LogP contribution is 2.24. The van der Waals surface area contributed by atoms with Gasteiger partial charge in [0, 0.05) is 24.4 Å². The van der Waals surface area contributed by atoms with Crippen molar-refractivity contribution in [3.8, 4) is 17.6 Å². The van der Waals surface area contributed by atoms with Crippen molar-refractivity contribution in [2.24, 2.45) is 0 Å². The van der Waals surface area contributed by atoms with E-state index in [4.69, 9.17) is 19.5 Å². The summed E-state index contributed by atoms with van der Waals surface area (Å²) in [4.78, 5) is 25.7. The average Bonchev–Trinajstić information content (AvgIpc) is 2.73. The van der Waals surface area contributed by atoms with Crippen LogP contribution in [0.2, 0.25) is 0 Å². The minimum Gasteiger partial charge on any atom is -0.497 e. The van der Waals surface area contributed by atoms with Crippen molar-refractivity contribution < 1.29 is 23.8 Å². The number of amides is 2. The lowest BCUT2D eigenvalue weighted by atomic mass is 10.2. The fourth-order valence-corrected chi connectivity index (χ4v) is 2.35. The summed E-state index contributed by atoms with van der Waals surface area (Å²) in [6, 6.07) is 15.2. The SMILES string of the molecule is C=CCOC(=O)Nc1cccc(OC(=O)N(CCC#N)c2cccc(OC)c2)c1. The van der Waals surface area contributed by atoms with Gasteiger partial charge >= 0.3 is 12.2 Å². The van der Waals surface area contributed by atoms with E-state index in [-0.39, 0.29) is 25.3 Å². The van der Waals surface area contributed by atoms with Gasteiger partial charge in [0.1, 0.15) is 18.1 Å². The van der Waals surface area contributed by atoms with E-state index in [0.717, 1.165) is 0 Å². The molecule has 0 radical (unpaired) electrons. The Kier molecular flexibility index (Phi) is 8.08. The standard InChI is InChI=1S/C21H21N3O5/c1-3-13-28-20(25)23-16-7-4-10-19(14-16)29-21(26)24(12-6-11-22)17-8-5-9-18(15-17)27-2/h3-5,7-10,14-15H,1,6,12-13H2,2H3,(H,23,25). The highest BCUT2D eigenvalue weighted by atomic mass is 16.6. The van der Waals surface area contributed by atoms with Crippen molar-refractivity contribution in [2.75, 3.05) is 30.5 Å². The maximum atomic E-state index is 12.7. The molecule has 0 bridgehead atoms. The van der Waals surface area contributed by atoms with Gasteiger partial charge in [-0.15, -0.1) is 0 Å². The molecule has 0 aliphatic heterocycles. The molecule has 0 aliphatic rings. The second-order valence-corrected chi connectivity index (χ2v) is 5.67. The summed E-state index contributed by atoms with van der Waals surface area (Å²) in [5, 5.41) is 11.4. The van der Waals surface area contributed by atoms with Crippen LogP contribution in [-0.2, 0) is 4.74 Å². The number of nitrogens with zero attached hydrogens (tertiary/aromatic N) is 2. The lowest BCUT2D eigenvalue weighted by Gasteiger charge is -2.21. The van der Waals surface area contributed by atoms with E-state index < -0.39 is 12.2 Å². The molecule has 0 aliphatic carbocycles. The zero-order valence-corrected chi connectivity index (χ0v) is 16.0. The summed E-state index contributed by atoms with van der Waals surface area (Å²) in [7, 11) is 1.52. The monoisotopic (exact) mass is 395 g/mol. The molecule has 8 nitrogen and oxygen atoms in total. The highest BCUT2D eigenvalue weighted by molar-refractivity contribution is 5.90. The third-order valence-electron chi connectivity index (χ3n) is 3.65. The second-order valence-electron chi connectivity index (χ2n) is 5.67. The van der Waals surface area contributed by atoms with E-state index in [9.17, 15) is 9.59 Å². The van der Waals surface area contributed by atoms with Crippen LogP contribution in [-0.4, -0.2) is 32.4 Å². The normalized spacial score (nSPS) is 9.66. The number of ether oxygens (including phenoxy) is 3. The van der Waals surface area contributed by atoms with E-state index in [1.807, 2.05) is 6.07 Å². The first-order valence-electron chi connectivity index (χ1n) is 8.72. The summed E-state index contributed by atoms with van der Waals surface area (Å²) in [6.45, 7) is 3.69. The minimum atomic E-state index is -0.667. The number of methoxy groups -OCH3 is 1. The lowest BCUT2D eigenvalue weighted by molar-refractivity contribution is 0.174. The largest absolute Gasteiger partial charge is 0.497 e. The quantitative estimate of drug-likeness (QED) is 0.667. The van der Waals surface area contributed by atoms with Gasteiger partial charge in [0.25, 0.3) is 0 Å². The average molecular weight is 395 g/mol. The molecule has 0 aromatic heterocycles. The number of anilines is 2. The molecule has 1 N–H and O–H groups in total. The molecular weight excluding hydrogens is 374 g/mol. The number of hydrogen-bond donors (Lipinski definition) is 1. The molecule has 150 valence electrons. The lowest BCUT2D eigenvalue weighted by Crippen LogP contribution is -2.34. The summed E-state index contributed by atoms with van der Waals surface area (Å²) in [5.41, 5.74) is 0.932. The topological polar surface area (TPSA) is 101 Å². The zero-order valence-electron chi connectivity index (χ0n) is 16.0. The van der Waals surface area contributed by atoms with E-state index >= 15 is 0 Å². The third-order valence-corrected chi connectivity index (χ3v) is 3.65. The van der Waals surface area contributed by atoms with Crippen LogP contribution in [0.15, 0.2) is 61.2 Å². The summed E-state index contributed by atoms with van der Waals surface area (Å²) < 4.78 is 15.5. The Morgan fingerprint density at radius 3 is 2.69 bits per heavy atom. The van der Waals surface area contributed by atoms with Crippen molar-refractivity contribution in [3.05, 3.63) is 61.2 Å². The smallest absolute Gasteiger partial charge is 0.419 e. The van der Waals surface area contributed by atoms with Gasteiger partial charge < -0.3 is 14.2 Å². The maximum absolute atomic E-state index is 12.7. The first-order chi connectivity index (χ1) is 14.1.